The summed E-state index contributed by atoms with van der Waals surface area (Å²) in [6.45, 7) is 10.1. The third-order valence-electron chi connectivity index (χ3n) is 3.67. The van der Waals surface area contributed by atoms with Gasteiger partial charge in [-0.15, -0.1) is 0 Å². The topological polar surface area (TPSA) is 133 Å². The molecule has 0 aliphatic heterocycles. The first-order valence-electron chi connectivity index (χ1n) is 8.62. The Balaban J connectivity index is 5.54. The lowest BCUT2D eigenvalue weighted by Crippen LogP contribution is -2.43. The molecule has 0 aromatic carbocycles. The highest BCUT2D eigenvalue weighted by molar-refractivity contribution is 7.85. The molecule has 0 unspecified atom stereocenters. The molecule has 0 fully saturated rings. The lowest BCUT2D eigenvalue weighted by atomic mass is 9.84. The van der Waals surface area contributed by atoms with Gasteiger partial charge in [0.15, 0.2) is 0 Å². The molecule has 160 valence electrons. The summed E-state index contributed by atoms with van der Waals surface area (Å²) >= 11 is 0. The lowest BCUT2D eigenvalue weighted by molar-refractivity contribution is -0.170. The zero-order valence-electron chi connectivity index (χ0n) is 16.5. The van der Waals surface area contributed by atoms with Gasteiger partial charge in [-0.3, -0.25) is 9.35 Å². The average molecular weight is 420 g/mol. The van der Waals surface area contributed by atoms with E-state index in [1.54, 1.807) is 0 Å². The van der Waals surface area contributed by atoms with Crippen LogP contribution in [0.15, 0.2) is 24.3 Å². The van der Waals surface area contributed by atoms with Crippen LogP contribution in [0.1, 0.15) is 40.0 Å². The maximum absolute atomic E-state index is 12.7. The normalized spacial score (nSPS) is 11.4. The van der Waals surface area contributed by atoms with Gasteiger partial charge in [0, 0.05) is 11.1 Å². The van der Waals surface area contributed by atoms with E-state index < -0.39 is 59.0 Å². The number of ether oxygens (including phenoxy) is 3. The number of carbonyl (C=O) groups is 3. The van der Waals surface area contributed by atoms with Crippen molar-refractivity contribution in [2.45, 2.75) is 40.0 Å². The SMILES string of the molecule is C=C(C)C(=O)OCC(CCCC)(COC(=O)C(=C)C)C(=O)OCCS(=O)(=O)O. The zero-order valence-corrected chi connectivity index (χ0v) is 17.3. The van der Waals surface area contributed by atoms with Crippen LogP contribution in [-0.4, -0.2) is 56.5 Å². The van der Waals surface area contributed by atoms with E-state index in [1.807, 2.05) is 6.92 Å². The molecule has 0 aromatic rings. The minimum atomic E-state index is -4.33. The molecule has 28 heavy (non-hydrogen) atoms. The predicted octanol–water partition coefficient (Wildman–Crippen LogP) is 1.83. The first-order valence-corrected chi connectivity index (χ1v) is 10.2. The smallest absolute Gasteiger partial charge is 0.333 e. The Hall–Kier alpha value is -2.20. The molecule has 0 rings (SSSR count). The summed E-state index contributed by atoms with van der Waals surface area (Å²) < 4.78 is 45.6. The Morgan fingerprint density at radius 3 is 1.79 bits per heavy atom. The number of rotatable bonds is 13. The van der Waals surface area contributed by atoms with Crippen molar-refractivity contribution in [3.05, 3.63) is 24.3 Å². The van der Waals surface area contributed by atoms with Crippen LogP contribution < -0.4 is 0 Å². The fourth-order valence-corrected chi connectivity index (χ4v) is 2.26. The Kier molecular flexibility index (Phi) is 10.7. The van der Waals surface area contributed by atoms with Crippen LogP contribution >= 0.6 is 0 Å². The molecule has 0 aromatic heterocycles. The van der Waals surface area contributed by atoms with Gasteiger partial charge in [0.25, 0.3) is 10.1 Å². The molecule has 1 N–H and O–H groups in total. The fourth-order valence-electron chi connectivity index (χ4n) is 1.97. The zero-order chi connectivity index (χ0) is 22.0. The summed E-state index contributed by atoms with van der Waals surface area (Å²) in [5.74, 6) is -3.18. The average Bonchev–Trinajstić information content (AvgIpc) is 2.59. The molecule has 0 atom stereocenters. The van der Waals surface area contributed by atoms with E-state index in [4.69, 9.17) is 18.8 Å². The van der Waals surface area contributed by atoms with Crippen molar-refractivity contribution in [3.63, 3.8) is 0 Å². The van der Waals surface area contributed by atoms with E-state index in [2.05, 4.69) is 13.2 Å². The van der Waals surface area contributed by atoms with Crippen molar-refractivity contribution in [3.8, 4) is 0 Å². The number of esters is 3. The monoisotopic (exact) mass is 420 g/mol. The molecule has 10 heteroatoms. The molecular weight excluding hydrogens is 392 g/mol. The van der Waals surface area contributed by atoms with Crippen LogP contribution in [0.5, 0.6) is 0 Å². The van der Waals surface area contributed by atoms with Crippen LogP contribution in [0, 0.1) is 5.41 Å². The highest BCUT2D eigenvalue weighted by atomic mass is 32.2. The molecule has 0 radical (unpaired) electrons. The summed E-state index contributed by atoms with van der Waals surface area (Å²) in [5.41, 5.74) is -1.31. The van der Waals surface area contributed by atoms with Gasteiger partial charge in [0.2, 0.25) is 0 Å². The molecule has 0 aliphatic rings. The molecule has 0 spiro atoms. The van der Waals surface area contributed by atoms with E-state index in [0.29, 0.717) is 12.8 Å². The van der Waals surface area contributed by atoms with Crippen LogP contribution in [0.4, 0.5) is 0 Å². The molecule has 0 bridgehead atoms. The van der Waals surface area contributed by atoms with Gasteiger partial charge in [0.1, 0.15) is 31.0 Å². The van der Waals surface area contributed by atoms with Crippen molar-refractivity contribution >= 4 is 28.0 Å². The van der Waals surface area contributed by atoms with E-state index in [0.717, 1.165) is 0 Å². The van der Waals surface area contributed by atoms with Gasteiger partial charge in [-0.05, 0) is 20.3 Å². The number of unbranched alkanes of at least 4 members (excludes halogenated alkanes) is 1. The predicted molar refractivity (Wildman–Crippen MR) is 101 cm³/mol. The first kappa shape index (κ1) is 25.8. The van der Waals surface area contributed by atoms with E-state index in [1.165, 1.54) is 13.8 Å². The highest BCUT2D eigenvalue weighted by Gasteiger charge is 2.43. The highest BCUT2D eigenvalue weighted by Crippen LogP contribution is 2.29. The Bertz CT molecular complexity index is 677. The van der Waals surface area contributed by atoms with E-state index >= 15 is 0 Å². The van der Waals surface area contributed by atoms with Gasteiger partial charge in [-0.2, -0.15) is 8.42 Å². The second-order valence-corrected chi connectivity index (χ2v) is 8.09. The summed E-state index contributed by atoms with van der Waals surface area (Å²) in [4.78, 5) is 36.2. The molecule has 0 saturated carbocycles. The summed E-state index contributed by atoms with van der Waals surface area (Å²) in [7, 11) is -4.33. The van der Waals surface area contributed by atoms with Gasteiger partial charge in [-0.25, -0.2) is 9.59 Å². The third-order valence-corrected chi connectivity index (χ3v) is 4.35. The van der Waals surface area contributed by atoms with E-state index in [9.17, 15) is 22.8 Å². The van der Waals surface area contributed by atoms with Gasteiger partial charge in [0.05, 0.1) is 0 Å². The van der Waals surface area contributed by atoms with Crippen molar-refractivity contribution in [1.82, 2.24) is 0 Å². The second-order valence-electron chi connectivity index (χ2n) is 6.52. The van der Waals surface area contributed by atoms with Gasteiger partial charge >= 0.3 is 17.9 Å². The summed E-state index contributed by atoms with van der Waals surface area (Å²) in [6.07, 6.45) is 1.35. The second kappa shape index (κ2) is 11.6. The standard InChI is InChI=1S/C18H28O9S/c1-6-7-8-18(11-26-15(19)13(2)3,12-27-16(20)14(4)5)17(21)25-9-10-28(22,23)24/h2,4,6-12H2,1,3,5H3,(H,22,23,24). The van der Waals surface area contributed by atoms with E-state index in [-0.39, 0.29) is 17.6 Å². The van der Waals surface area contributed by atoms with Crippen molar-refractivity contribution in [1.29, 1.82) is 0 Å². The van der Waals surface area contributed by atoms with Crippen LogP contribution in [0.3, 0.4) is 0 Å². The summed E-state index contributed by atoms with van der Waals surface area (Å²) in [5, 5.41) is 0. The quantitative estimate of drug-likeness (QED) is 0.205. The Morgan fingerprint density at radius 2 is 1.43 bits per heavy atom. The van der Waals surface area contributed by atoms with Gasteiger partial charge in [-0.1, -0.05) is 32.9 Å². The lowest BCUT2D eigenvalue weighted by Gasteiger charge is -2.30. The van der Waals surface area contributed by atoms with Crippen molar-refractivity contribution < 1.29 is 41.6 Å². The number of carbonyl (C=O) groups excluding carboxylic acids is 3. The molecule has 9 nitrogen and oxygen atoms in total. The minimum Gasteiger partial charge on any atom is -0.464 e. The maximum Gasteiger partial charge on any atom is 0.333 e. The summed E-state index contributed by atoms with van der Waals surface area (Å²) in [6, 6.07) is 0. The van der Waals surface area contributed by atoms with Crippen LogP contribution in [0.2, 0.25) is 0 Å². The largest absolute Gasteiger partial charge is 0.464 e. The van der Waals surface area contributed by atoms with Crippen LogP contribution in [0.25, 0.3) is 0 Å². The maximum atomic E-state index is 12.7. The first-order chi connectivity index (χ1) is 12.8. The minimum absolute atomic E-state index is 0.114. The molecule has 0 saturated heterocycles. The molecule has 0 aliphatic carbocycles. The molecule has 0 amide bonds. The van der Waals surface area contributed by atoms with Crippen molar-refractivity contribution in [2.24, 2.45) is 5.41 Å². The number of hydrogen-bond acceptors (Lipinski definition) is 8. The molecular formula is C18H28O9S. The fraction of sp³-hybridized carbons (Fsp3) is 0.611. The third kappa shape index (κ3) is 9.65. The van der Waals surface area contributed by atoms with Crippen LogP contribution in [-0.2, 0) is 38.7 Å². The Labute approximate surface area is 165 Å². The molecule has 0 heterocycles. The number of hydrogen-bond donors (Lipinski definition) is 1. The van der Waals surface area contributed by atoms with Gasteiger partial charge < -0.3 is 14.2 Å². The van der Waals surface area contributed by atoms with Crippen molar-refractivity contribution in [2.75, 3.05) is 25.6 Å². The Morgan fingerprint density at radius 1 is 0.964 bits per heavy atom.